The summed E-state index contributed by atoms with van der Waals surface area (Å²) in [7, 11) is 0. The summed E-state index contributed by atoms with van der Waals surface area (Å²) in [5.41, 5.74) is 0.375. The third-order valence-electron chi connectivity index (χ3n) is 6.23. The lowest BCUT2D eigenvalue weighted by Crippen LogP contribution is -2.42. The highest BCUT2D eigenvalue weighted by Gasteiger charge is 2.47. The third-order valence-corrected chi connectivity index (χ3v) is 6.23. The van der Waals surface area contributed by atoms with E-state index in [1.54, 1.807) is 0 Å². The molecule has 3 fully saturated rings. The van der Waals surface area contributed by atoms with E-state index in [2.05, 4.69) is 13.8 Å². The first-order chi connectivity index (χ1) is 8.08. The quantitative estimate of drug-likeness (QED) is 0.768. The lowest BCUT2D eigenvalue weighted by atomic mass is 9.63. The lowest BCUT2D eigenvalue weighted by Gasteiger charge is -2.44. The molecule has 98 valence electrons. The maximum atomic E-state index is 10.8. The van der Waals surface area contributed by atoms with Gasteiger partial charge >= 0.3 is 0 Å². The van der Waals surface area contributed by atoms with Gasteiger partial charge in [-0.05, 0) is 61.2 Å². The van der Waals surface area contributed by atoms with Crippen LogP contribution in [0.25, 0.3) is 0 Å². The van der Waals surface area contributed by atoms with Gasteiger partial charge in [0.15, 0.2) is 0 Å². The third kappa shape index (κ3) is 2.05. The number of hydrogen-bond acceptors (Lipinski definition) is 1. The zero-order chi connectivity index (χ0) is 12.0. The molecule has 3 aliphatic carbocycles. The van der Waals surface area contributed by atoms with Crippen molar-refractivity contribution in [1.29, 1.82) is 0 Å². The van der Waals surface area contributed by atoms with Gasteiger partial charge in [-0.1, -0.05) is 33.1 Å². The fourth-order valence-electron chi connectivity index (χ4n) is 5.16. The van der Waals surface area contributed by atoms with Gasteiger partial charge in [-0.2, -0.15) is 0 Å². The van der Waals surface area contributed by atoms with E-state index in [-0.39, 0.29) is 6.10 Å². The summed E-state index contributed by atoms with van der Waals surface area (Å²) in [5.74, 6) is 3.05. The van der Waals surface area contributed by atoms with Gasteiger partial charge < -0.3 is 5.11 Å². The Hall–Kier alpha value is -0.0400. The van der Waals surface area contributed by atoms with Crippen molar-refractivity contribution in [3.63, 3.8) is 0 Å². The summed E-state index contributed by atoms with van der Waals surface area (Å²) in [4.78, 5) is 0. The molecule has 1 heteroatoms. The molecule has 0 aromatic heterocycles. The molecule has 3 aliphatic rings. The summed E-state index contributed by atoms with van der Waals surface area (Å²) >= 11 is 0. The second-order valence-corrected chi connectivity index (χ2v) is 7.67. The number of aliphatic hydroxyl groups is 1. The average molecular weight is 236 g/mol. The molecule has 1 N–H and O–H groups in total. The minimum absolute atomic E-state index is 0.000556. The van der Waals surface area contributed by atoms with Crippen molar-refractivity contribution in [2.45, 2.75) is 71.3 Å². The molecule has 0 heterocycles. The topological polar surface area (TPSA) is 20.2 Å². The van der Waals surface area contributed by atoms with E-state index < -0.39 is 0 Å². The van der Waals surface area contributed by atoms with Crippen LogP contribution in [-0.2, 0) is 0 Å². The van der Waals surface area contributed by atoms with E-state index in [4.69, 9.17) is 0 Å². The SMILES string of the molecule is CC1(C)CCCCC1C(O)C1CC2CCC1C2. The predicted molar refractivity (Wildman–Crippen MR) is 70.7 cm³/mol. The Balaban J connectivity index is 1.70. The Bertz CT molecular complexity index is 283. The fraction of sp³-hybridized carbons (Fsp3) is 1.00. The van der Waals surface area contributed by atoms with E-state index in [9.17, 15) is 5.11 Å². The molecule has 3 rings (SSSR count). The summed E-state index contributed by atoms with van der Waals surface area (Å²) in [6.07, 6.45) is 10.9. The minimum Gasteiger partial charge on any atom is -0.393 e. The van der Waals surface area contributed by atoms with Gasteiger partial charge in [-0.25, -0.2) is 0 Å². The predicted octanol–water partition coefficient (Wildman–Crippen LogP) is 4.00. The van der Waals surface area contributed by atoms with E-state index in [0.717, 1.165) is 11.8 Å². The van der Waals surface area contributed by atoms with Gasteiger partial charge in [-0.3, -0.25) is 0 Å². The highest BCUT2D eigenvalue weighted by Crippen LogP contribution is 2.53. The van der Waals surface area contributed by atoms with Crippen molar-refractivity contribution in [3.8, 4) is 0 Å². The second kappa shape index (κ2) is 4.26. The van der Waals surface area contributed by atoms with Crippen LogP contribution < -0.4 is 0 Å². The fourth-order valence-corrected chi connectivity index (χ4v) is 5.16. The van der Waals surface area contributed by atoms with Crippen molar-refractivity contribution in [3.05, 3.63) is 0 Å². The van der Waals surface area contributed by atoms with Crippen molar-refractivity contribution < 1.29 is 5.11 Å². The highest BCUT2D eigenvalue weighted by molar-refractivity contribution is 4.98. The molecule has 0 spiro atoms. The lowest BCUT2D eigenvalue weighted by molar-refractivity contribution is -0.0428. The molecule has 3 saturated carbocycles. The first-order valence-electron chi connectivity index (χ1n) is 7.76. The average Bonchev–Trinajstić information content (AvgIpc) is 2.89. The molecule has 0 saturated heterocycles. The van der Waals surface area contributed by atoms with Crippen molar-refractivity contribution >= 4 is 0 Å². The molecule has 0 aromatic carbocycles. The van der Waals surface area contributed by atoms with Crippen molar-refractivity contribution in [2.75, 3.05) is 0 Å². The van der Waals surface area contributed by atoms with Crippen LogP contribution in [0.2, 0.25) is 0 Å². The van der Waals surface area contributed by atoms with Crippen LogP contribution in [0.5, 0.6) is 0 Å². The monoisotopic (exact) mass is 236 g/mol. The normalized spacial score (nSPS) is 46.1. The molecule has 0 radical (unpaired) electrons. The van der Waals surface area contributed by atoms with Crippen LogP contribution in [0.3, 0.4) is 0 Å². The molecule has 5 unspecified atom stereocenters. The van der Waals surface area contributed by atoms with E-state index in [1.807, 2.05) is 0 Å². The molecule has 0 amide bonds. The standard InChI is InChI=1S/C16H28O/c1-16(2)8-4-3-5-14(16)15(17)13-10-11-6-7-12(13)9-11/h11-15,17H,3-10H2,1-2H3. The summed E-state index contributed by atoms with van der Waals surface area (Å²) in [6.45, 7) is 4.76. The maximum absolute atomic E-state index is 10.8. The van der Waals surface area contributed by atoms with Gasteiger partial charge in [0.1, 0.15) is 0 Å². The van der Waals surface area contributed by atoms with Crippen molar-refractivity contribution in [1.82, 2.24) is 0 Å². The molecule has 0 aromatic rings. The Morgan fingerprint density at radius 1 is 1.06 bits per heavy atom. The first-order valence-corrected chi connectivity index (χ1v) is 7.76. The number of fused-ring (bicyclic) bond motifs is 2. The Kier molecular flexibility index (Phi) is 3.01. The van der Waals surface area contributed by atoms with Crippen LogP contribution >= 0.6 is 0 Å². The largest absolute Gasteiger partial charge is 0.393 e. The van der Waals surface area contributed by atoms with Crippen molar-refractivity contribution in [2.24, 2.45) is 29.1 Å². The second-order valence-electron chi connectivity index (χ2n) is 7.67. The summed E-state index contributed by atoms with van der Waals surface area (Å²) < 4.78 is 0. The van der Waals surface area contributed by atoms with Gasteiger partial charge in [0.05, 0.1) is 6.10 Å². The van der Waals surface area contributed by atoms with Gasteiger partial charge in [0.2, 0.25) is 0 Å². The van der Waals surface area contributed by atoms with Crippen LogP contribution in [0.1, 0.15) is 65.2 Å². The van der Waals surface area contributed by atoms with E-state index in [0.29, 0.717) is 17.3 Å². The van der Waals surface area contributed by atoms with Crippen LogP contribution in [0, 0.1) is 29.1 Å². The highest BCUT2D eigenvalue weighted by atomic mass is 16.3. The van der Waals surface area contributed by atoms with Gasteiger partial charge in [0, 0.05) is 0 Å². The first kappa shape index (κ1) is 12.0. The van der Waals surface area contributed by atoms with Crippen LogP contribution in [0.4, 0.5) is 0 Å². The molecule has 2 bridgehead atoms. The number of aliphatic hydroxyl groups excluding tert-OH is 1. The smallest absolute Gasteiger partial charge is 0.0604 e. The maximum Gasteiger partial charge on any atom is 0.0604 e. The molecule has 5 atom stereocenters. The van der Waals surface area contributed by atoms with Crippen LogP contribution in [0.15, 0.2) is 0 Å². The Morgan fingerprint density at radius 3 is 2.47 bits per heavy atom. The molecule has 0 aliphatic heterocycles. The number of rotatable bonds is 2. The zero-order valence-corrected chi connectivity index (χ0v) is 11.5. The van der Waals surface area contributed by atoms with E-state index >= 15 is 0 Å². The molecular formula is C16H28O. The summed E-state index contributed by atoms with van der Waals surface area (Å²) in [5, 5.41) is 10.8. The molecular weight excluding hydrogens is 208 g/mol. The van der Waals surface area contributed by atoms with Crippen LogP contribution in [-0.4, -0.2) is 11.2 Å². The zero-order valence-electron chi connectivity index (χ0n) is 11.5. The van der Waals surface area contributed by atoms with Gasteiger partial charge in [-0.15, -0.1) is 0 Å². The minimum atomic E-state index is 0.000556. The number of hydrogen-bond donors (Lipinski definition) is 1. The molecule has 17 heavy (non-hydrogen) atoms. The Morgan fingerprint density at radius 2 is 1.88 bits per heavy atom. The van der Waals surface area contributed by atoms with Gasteiger partial charge in [0.25, 0.3) is 0 Å². The van der Waals surface area contributed by atoms with E-state index in [1.165, 1.54) is 51.4 Å². The Labute approximate surface area is 106 Å². The summed E-state index contributed by atoms with van der Waals surface area (Å²) in [6, 6.07) is 0. The molecule has 1 nitrogen and oxygen atoms in total.